The first-order valence-electron chi connectivity index (χ1n) is 7.18. The third-order valence-electron chi connectivity index (χ3n) is 3.44. The van der Waals surface area contributed by atoms with Crippen LogP contribution in [0.3, 0.4) is 0 Å². The molecule has 0 saturated heterocycles. The molecule has 22 heavy (non-hydrogen) atoms. The summed E-state index contributed by atoms with van der Waals surface area (Å²) in [6.07, 6.45) is 3.86. The molecule has 0 unspecified atom stereocenters. The zero-order valence-electron chi connectivity index (χ0n) is 12.9. The van der Waals surface area contributed by atoms with Crippen molar-refractivity contribution in [3.8, 4) is 5.75 Å². The Kier molecular flexibility index (Phi) is 5.24. The molecule has 1 aromatic carbocycles. The fourth-order valence-corrected chi connectivity index (χ4v) is 2.52. The molecule has 0 radical (unpaired) electrons. The van der Waals surface area contributed by atoms with E-state index in [0.29, 0.717) is 13.0 Å². The predicted molar refractivity (Wildman–Crippen MR) is 90.1 cm³/mol. The number of anilines is 1. The van der Waals surface area contributed by atoms with Crippen molar-refractivity contribution >= 4 is 27.5 Å². The number of benzene rings is 1. The number of carbonyl (C=O) groups excluding carboxylic acids is 1. The second-order valence-corrected chi connectivity index (χ2v) is 6.52. The van der Waals surface area contributed by atoms with Crippen LogP contribution in [-0.4, -0.2) is 20.8 Å². The Bertz CT molecular complexity index is 680. The Morgan fingerprint density at radius 2 is 2.18 bits per heavy atom. The SMILES string of the molecule is Cc1cc(O)c(C(C)C)cc1NC(=O)CCn1cc(Br)cn1. The number of hydrogen-bond donors (Lipinski definition) is 2. The van der Waals surface area contributed by atoms with E-state index in [9.17, 15) is 9.90 Å². The van der Waals surface area contributed by atoms with Gasteiger partial charge in [-0.2, -0.15) is 5.10 Å². The lowest BCUT2D eigenvalue weighted by molar-refractivity contribution is -0.116. The molecular formula is C16H20BrN3O2. The zero-order valence-corrected chi connectivity index (χ0v) is 14.5. The van der Waals surface area contributed by atoms with E-state index in [-0.39, 0.29) is 17.6 Å². The number of aromatic hydroxyl groups is 1. The van der Waals surface area contributed by atoms with Crippen LogP contribution in [0.25, 0.3) is 0 Å². The fourth-order valence-electron chi connectivity index (χ4n) is 2.20. The zero-order chi connectivity index (χ0) is 16.3. The number of amides is 1. The van der Waals surface area contributed by atoms with Crippen molar-refractivity contribution in [1.29, 1.82) is 0 Å². The van der Waals surface area contributed by atoms with Crippen molar-refractivity contribution < 1.29 is 9.90 Å². The third-order valence-corrected chi connectivity index (χ3v) is 3.85. The number of aromatic nitrogens is 2. The van der Waals surface area contributed by atoms with Gasteiger partial charge in [-0.25, -0.2) is 0 Å². The van der Waals surface area contributed by atoms with Crippen LogP contribution < -0.4 is 5.32 Å². The first-order valence-corrected chi connectivity index (χ1v) is 7.97. The van der Waals surface area contributed by atoms with E-state index in [1.165, 1.54) is 0 Å². The van der Waals surface area contributed by atoms with Crippen molar-refractivity contribution in [3.05, 3.63) is 40.1 Å². The number of hydrogen-bond acceptors (Lipinski definition) is 3. The van der Waals surface area contributed by atoms with Crippen molar-refractivity contribution in [2.24, 2.45) is 0 Å². The van der Waals surface area contributed by atoms with Crippen molar-refractivity contribution in [2.45, 2.75) is 39.7 Å². The lowest BCUT2D eigenvalue weighted by Crippen LogP contribution is -2.15. The van der Waals surface area contributed by atoms with Crippen molar-refractivity contribution in [2.75, 3.05) is 5.32 Å². The van der Waals surface area contributed by atoms with E-state index in [1.807, 2.05) is 33.0 Å². The van der Waals surface area contributed by atoms with Gasteiger partial charge in [0.05, 0.1) is 10.7 Å². The summed E-state index contributed by atoms with van der Waals surface area (Å²) in [4.78, 5) is 12.1. The number of phenolic OH excluding ortho intramolecular Hbond substituents is 1. The number of carbonyl (C=O) groups is 1. The molecule has 0 atom stereocenters. The van der Waals surface area contributed by atoms with Crippen LogP contribution in [0.4, 0.5) is 5.69 Å². The van der Waals surface area contributed by atoms with E-state index >= 15 is 0 Å². The second kappa shape index (κ2) is 6.96. The van der Waals surface area contributed by atoms with Gasteiger partial charge in [0.15, 0.2) is 0 Å². The molecular weight excluding hydrogens is 346 g/mol. The van der Waals surface area contributed by atoms with E-state index in [2.05, 4.69) is 26.3 Å². The molecule has 0 aliphatic rings. The summed E-state index contributed by atoms with van der Waals surface area (Å²) in [6.45, 7) is 6.40. The molecule has 0 saturated carbocycles. The van der Waals surface area contributed by atoms with E-state index in [4.69, 9.17) is 0 Å². The van der Waals surface area contributed by atoms with Crippen LogP contribution in [0, 0.1) is 6.92 Å². The van der Waals surface area contributed by atoms with Gasteiger partial charge in [0.2, 0.25) is 5.91 Å². The summed E-state index contributed by atoms with van der Waals surface area (Å²) in [6, 6.07) is 3.54. The van der Waals surface area contributed by atoms with Crippen LogP contribution in [-0.2, 0) is 11.3 Å². The molecule has 0 aliphatic heterocycles. The maximum Gasteiger partial charge on any atom is 0.226 e. The molecule has 1 heterocycles. The highest BCUT2D eigenvalue weighted by atomic mass is 79.9. The van der Waals surface area contributed by atoms with E-state index in [1.54, 1.807) is 16.9 Å². The minimum Gasteiger partial charge on any atom is -0.508 e. The summed E-state index contributed by atoms with van der Waals surface area (Å²) in [5.41, 5.74) is 2.42. The Labute approximate surface area is 138 Å². The monoisotopic (exact) mass is 365 g/mol. The van der Waals surface area contributed by atoms with Gasteiger partial charge in [-0.3, -0.25) is 9.48 Å². The molecule has 2 rings (SSSR count). The summed E-state index contributed by atoms with van der Waals surface area (Å²) < 4.78 is 2.61. The summed E-state index contributed by atoms with van der Waals surface area (Å²) >= 11 is 3.32. The molecule has 0 spiro atoms. The molecule has 1 amide bonds. The Morgan fingerprint density at radius 1 is 1.45 bits per heavy atom. The first kappa shape index (κ1) is 16.5. The van der Waals surface area contributed by atoms with Gasteiger partial charge >= 0.3 is 0 Å². The summed E-state index contributed by atoms with van der Waals surface area (Å²) in [5.74, 6) is 0.389. The Hall–Kier alpha value is -1.82. The molecule has 5 nitrogen and oxygen atoms in total. The average Bonchev–Trinajstić information content (AvgIpc) is 2.85. The van der Waals surface area contributed by atoms with Crippen molar-refractivity contribution in [3.63, 3.8) is 0 Å². The lowest BCUT2D eigenvalue weighted by Gasteiger charge is -2.14. The van der Waals surface area contributed by atoms with Gasteiger partial charge in [-0.1, -0.05) is 13.8 Å². The topological polar surface area (TPSA) is 67.2 Å². The Morgan fingerprint density at radius 3 is 2.77 bits per heavy atom. The van der Waals surface area contributed by atoms with Crippen molar-refractivity contribution in [1.82, 2.24) is 9.78 Å². The summed E-state index contributed by atoms with van der Waals surface area (Å²) in [7, 11) is 0. The highest BCUT2D eigenvalue weighted by Crippen LogP contribution is 2.31. The first-order chi connectivity index (χ1) is 10.4. The smallest absolute Gasteiger partial charge is 0.226 e. The van der Waals surface area contributed by atoms with Gasteiger partial charge in [-0.05, 0) is 52.0 Å². The fraction of sp³-hybridized carbons (Fsp3) is 0.375. The average molecular weight is 366 g/mol. The normalized spacial score (nSPS) is 11.0. The van der Waals surface area contributed by atoms with E-state index in [0.717, 1.165) is 21.3 Å². The number of nitrogens with one attached hydrogen (secondary N) is 1. The Balaban J connectivity index is 2.03. The van der Waals surface area contributed by atoms with E-state index < -0.39 is 0 Å². The number of halogens is 1. The molecule has 1 aromatic heterocycles. The standard InChI is InChI=1S/C16H20BrN3O2/c1-10(2)13-7-14(11(3)6-15(13)21)19-16(22)4-5-20-9-12(17)8-18-20/h6-10,21H,4-5H2,1-3H3,(H,19,22). The van der Waals surface area contributed by atoms with Gasteiger partial charge in [0.25, 0.3) is 0 Å². The third kappa shape index (κ3) is 4.10. The van der Waals surface area contributed by atoms with Crippen LogP contribution in [0.1, 0.15) is 37.3 Å². The van der Waals surface area contributed by atoms with Crippen LogP contribution >= 0.6 is 15.9 Å². The maximum absolute atomic E-state index is 12.1. The molecule has 0 aliphatic carbocycles. The number of rotatable bonds is 5. The van der Waals surface area contributed by atoms with Gasteiger partial charge < -0.3 is 10.4 Å². The summed E-state index contributed by atoms with van der Waals surface area (Å²) in [5, 5.41) is 17.0. The number of aryl methyl sites for hydroxylation is 2. The van der Waals surface area contributed by atoms with Gasteiger partial charge in [0, 0.05) is 24.8 Å². The highest BCUT2D eigenvalue weighted by molar-refractivity contribution is 9.10. The quantitative estimate of drug-likeness (QED) is 0.791. The predicted octanol–water partition coefficient (Wildman–Crippen LogP) is 3.81. The highest BCUT2D eigenvalue weighted by Gasteiger charge is 2.12. The molecule has 0 bridgehead atoms. The van der Waals surface area contributed by atoms with Crippen LogP contribution in [0.5, 0.6) is 5.75 Å². The van der Waals surface area contributed by atoms with Crippen LogP contribution in [0.15, 0.2) is 29.0 Å². The molecule has 2 N–H and O–H groups in total. The number of phenols is 1. The van der Waals surface area contributed by atoms with Gasteiger partial charge in [0.1, 0.15) is 5.75 Å². The molecule has 0 fully saturated rings. The molecule has 118 valence electrons. The lowest BCUT2D eigenvalue weighted by atomic mass is 9.99. The molecule has 2 aromatic rings. The minimum absolute atomic E-state index is 0.0740. The maximum atomic E-state index is 12.1. The second-order valence-electron chi connectivity index (χ2n) is 5.60. The largest absolute Gasteiger partial charge is 0.508 e. The van der Waals surface area contributed by atoms with Gasteiger partial charge in [-0.15, -0.1) is 0 Å². The number of nitrogens with zero attached hydrogens (tertiary/aromatic N) is 2. The van der Waals surface area contributed by atoms with Crippen LogP contribution in [0.2, 0.25) is 0 Å². The minimum atomic E-state index is -0.0740. The molecule has 6 heteroatoms.